The molecule has 0 amide bonds. The minimum atomic E-state index is 0.345. The molecule has 2 aromatic rings. The highest BCUT2D eigenvalue weighted by Gasteiger charge is 2.14. The molecule has 16 heavy (non-hydrogen) atoms. The molecule has 0 N–H and O–H groups in total. The van der Waals surface area contributed by atoms with Crippen molar-refractivity contribution in [3.63, 3.8) is 0 Å². The van der Waals surface area contributed by atoms with Gasteiger partial charge in [0.2, 0.25) is 0 Å². The smallest absolute Gasteiger partial charge is 0.0794 e. The van der Waals surface area contributed by atoms with Crippen LogP contribution in [0.15, 0.2) is 40.4 Å². The van der Waals surface area contributed by atoms with Crippen LogP contribution in [0, 0.1) is 0 Å². The summed E-state index contributed by atoms with van der Waals surface area (Å²) in [5.41, 5.74) is 3.13. The van der Waals surface area contributed by atoms with Crippen LogP contribution in [0.3, 0.4) is 0 Å². The zero-order valence-corrected chi connectivity index (χ0v) is 11.7. The highest BCUT2D eigenvalue weighted by Crippen LogP contribution is 2.29. The third-order valence-electron chi connectivity index (χ3n) is 2.46. The molecule has 1 unspecified atom stereocenters. The minimum absolute atomic E-state index is 0.345. The average Bonchev–Trinajstić information content (AvgIpc) is 2.80. The second-order valence-corrected chi connectivity index (χ2v) is 5.68. The van der Waals surface area contributed by atoms with Gasteiger partial charge in [-0.05, 0) is 18.1 Å². The maximum absolute atomic E-state index is 6.05. The maximum atomic E-state index is 6.05. The third-order valence-corrected chi connectivity index (χ3v) is 4.36. The van der Waals surface area contributed by atoms with E-state index in [1.807, 2.05) is 23.8 Å². The highest BCUT2D eigenvalue weighted by atomic mass is 79.9. The Labute approximate surface area is 113 Å². The van der Waals surface area contributed by atoms with Gasteiger partial charge >= 0.3 is 0 Å². The third kappa shape index (κ3) is 2.84. The Kier molecular flexibility index (Phi) is 4.38. The molecule has 0 fully saturated rings. The fourth-order valence-corrected chi connectivity index (χ4v) is 3.20. The molecule has 84 valence electrons. The van der Waals surface area contributed by atoms with Gasteiger partial charge in [0.05, 0.1) is 5.51 Å². The Balaban J connectivity index is 2.20. The summed E-state index contributed by atoms with van der Waals surface area (Å²) in [5.74, 6) is 0.971. The molecular weight excluding hydrogens is 306 g/mol. The fraction of sp³-hybridized carbons (Fsp3) is 0.250. The molecule has 0 aliphatic rings. The molecule has 1 atom stereocenters. The van der Waals surface area contributed by atoms with Gasteiger partial charge in [0.1, 0.15) is 0 Å². The van der Waals surface area contributed by atoms with Gasteiger partial charge in [-0.15, -0.1) is 22.9 Å². The number of aromatic nitrogens is 1. The maximum Gasteiger partial charge on any atom is 0.0794 e. The van der Waals surface area contributed by atoms with Crippen LogP contribution < -0.4 is 0 Å². The minimum Gasteiger partial charge on any atom is -0.253 e. The number of nitrogens with zero attached hydrogens (tertiary/aromatic N) is 1. The van der Waals surface area contributed by atoms with Crippen LogP contribution in [0.2, 0.25) is 0 Å². The monoisotopic (exact) mass is 315 g/mol. The lowest BCUT2D eigenvalue weighted by Crippen LogP contribution is -2.04. The second kappa shape index (κ2) is 5.80. The molecule has 0 aliphatic carbocycles. The number of hydrogen-bond acceptors (Lipinski definition) is 2. The van der Waals surface area contributed by atoms with Crippen LogP contribution in [0.1, 0.15) is 16.4 Å². The van der Waals surface area contributed by atoms with Crippen molar-refractivity contribution < 1.29 is 0 Å². The Morgan fingerprint density at radius 2 is 2.19 bits per heavy atom. The SMILES string of the molecule is ClCC(Cc1cncs1)c1ccccc1Br. The van der Waals surface area contributed by atoms with Gasteiger partial charge in [0, 0.05) is 27.3 Å². The molecule has 1 aromatic carbocycles. The van der Waals surface area contributed by atoms with Crippen LogP contribution in [-0.2, 0) is 6.42 Å². The summed E-state index contributed by atoms with van der Waals surface area (Å²) in [4.78, 5) is 5.37. The van der Waals surface area contributed by atoms with Crippen LogP contribution in [0.5, 0.6) is 0 Å². The van der Waals surface area contributed by atoms with Gasteiger partial charge in [-0.1, -0.05) is 34.1 Å². The Hall–Kier alpha value is -0.380. The molecule has 0 radical (unpaired) electrons. The van der Waals surface area contributed by atoms with E-state index < -0.39 is 0 Å². The van der Waals surface area contributed by atoms with E-state index in [1.54, 1.807) is 11.3 Å². The zero-order chi connectivity index (χ0) is 11.4. The molecule has 0 saturated heterocycles. The van der Waals surface area contributed by atoms with Crippen LogP contribution in [0.25, 0.3) is 0 Å². The number of alkyl halides is 1. The lowest BCUT2D eigenvalue weighted by atomic mass is 9.97. The first-order chi connectivity index (χ1) is 7.81. The van der Waals surface area contributed by atoms with Crippen molar-refractivity contribution in [1.82, 2.24) is 4.98 Å². The van der Waals surface area contributed by atoms with Gasteiger partial charge < -0.3 is 0 Å². The Bertz CT molecular complexity index is 444. The molecule has 0 bridgehead atoms. The molecule has 1 heterocycles. The number of benzene rings is 1. The van der Waals surface area contributed by atoms with Gasteiger partial charge in [-0.3, -0.25) is 4.98 Å². The summed E-state index contributed by atoms with van der Waals surface area (Å²) in [5, 5.41) is 0. The molecule has 1 aromatic heterocycles. The summed E-state index contributed by atoms with van der Waals surface area (Å²) in [6, 6.07) is 8.25. The van der Waals surface area contributed by atoms with Crippen LogP contribution in [0.4, 0.5) is 0 Å². The molecular formula is C12H11BrClNS. The van der Waals surface area contributed by atoms with Crippen molar-refractivity contribution >= 4 is 38.9 Å². The summed E-state index contributed by atoms with van der Waals surface area (Å²) < 4.78 is 1.13. The van der Waals surface area contributed by atoms with E-state index in [-0.39, 0.29) is 0 Å². The second-order valence-electron chi connectivity index (χ2n) is 3.54. The number of thiazole rings is 1. The zero-order valence-electron chi connectivity index (χ0n) is 8.57. The first-order valence-corrected chi connectivity index (χ1v) is 7.19. The van der Waals surface area contributed by atoms with Crippen molar-refractivity contribution in [2.45, 2.75) is 12.3 Å². The van der Waals surface area contributed by atoms with E-state index in [0.717, 1.165) is 10.9 Å². The van der Waals surface area contributed by atoms with Crippen molar-refractivity contribution in [2.75, 3.05) is 5.88 Å². The van der Waals surface area contributed by atoms with E-state index in [9.17, 15) is 0 Å². The normalized spacial score (nSPS) is 12.6. The first-order valence-electron chi connectivity index (χ1n) is 4.99. The quantitative estimate of drug-likeness (QED) is 0.758. The number of hydrogen-bond donors (Lipinski definition) is 0. The number of rotatable bonds is 4. The molecule has 0 aliphatic heterocycles. The largest absolute Gasteiger partial charge is 0.253 e. The number of halogens is 2. The lowest BCUT2D eigenvalue weighted by molar-refractivity contribution is 0.770. The van der Waals surface area contributed by atoms with E-state index >= 15 is 0 Å². The topological polar surface area (TPSA) is 12.9 Å². The van der Waals surface area contributed by atoms with Crippen molar-refractivity contribution in [1.29, 1.82) is 0 Å². The van der Waals surface area contributed by atoms with Crippen LogP contribution in [-0.4, -0.2) is 10.9 Å². The van der Waals surface area contributed by atoms with E-state index in [4.69, 9.17) is 11.6 Å². The first kappa shape index (κ1) is 12.1. The molecule has 2 rings (SSSR count). The summed E-state index contributed by atoms with van der Waals surface area (Å²) in [6.45, 7) is 0. The van der Waals surface area contributed by atoms with Gasteiger partial charge in [0.25, 0.3) is 0 Å². The highest BCUT2D eigenvalue weighted by molar-refractivity contribution is 9.10. The van der Waals surface area contributed by atoms with E-state index in [1.165, 1.54) is 10.4 Å². The van der Waals surface area contributed by atoms with Crippen molar-refractivity contribution in [3.05, 3.63) is 50.9 Å². The molecule has 0 saturated carbocycles. The Morgan fingerprint density at radius 1 is 1.38 bits per heavy atom. The predicted octanol–water partition coefficient (Wildman–Crippen LogP) is 4.47. The summed E-state index contributed by atoms with van der Waals surface area (Å²) in [7, 11) is 0. The van der Waals surface area contributed by atoms with Gasteiger partial charge in [-0.2, -0.15) is 0 Å². The summed E-state index contributed by atoms with van der Waals surface area (Å²) >= 11 is 11.3. The Morgan fingerprint density at radius 3 is 2.81 bits per heavy atom. The molecule has 1 nitrogen and oxygen atoms in total. The fourth-order valence-electron chi connectivity index (χ4n) is 1.64. The molecule has 4 heteroatoms. The standard InChI is InChI=1S/C12H11BrClNS/c13-12-4-2-1-3-11(12)9(6-14)5-10-7-15-8-16-10/h1-4,7-9H,5-6H2. The molecule has 0 spiro atoms. The van der Waals surface area contributed by atoms with Crippen molar-refractivity contribution in [2.24, 2.45) is 0 Å². The predicted molar refractivity (Wildman–Crippen MR) is 73.4 cm³/mol. The summed E-state index contributed by atoms with van der Waals surface area (Å²) in [6.07, 6.45) is 2.87. The lowest BCUT2D eigenvalue weighted by Gasteiger charge is -2.14. The average molecular weight is 317 g/mol. The van der Waals surface area contributed by atoms with Crippen molar-refractivity contribution in [3.8, 4) is 0 Å². The van der Waals surface area contributed by atoms with Gasteiger partial charge in [0.15, 0.2) is 0 Å². The van der Waals surface area contributed by atoms with Crippen LogP contribution >= 0.6 is 38.9 Å². The van der Waals surface area contributed by atoms with E-state index in [2.05, 4.69) is 33.0 Å². The van der Waals surface area contributed by atoms with E-state index in [0.29, 0.717) is 11.8 Å². The van der Waals surface area contributed by atoms with Gasteiger partial charge in [-0.25, -0.2) is 0 Å².